The molecule has 0 saturated heterocycles. The van der Waals surface area contributed by atoms with Crippen LogP contribution in [0.25, 0.3) is 0 Å². The van der Waals surface area contributed by atoms with Crippen molar-refractivity contribution in [3.8, 4) is 0 Å². The number of esters is 1. The average Bonchev–Trinajstić information content (AvgIpc) is 2.89. The molecule has 0 bridgehead atoms. The number of unbranched alkanes of at least 4 members (excludes halogenated alkanes) is 3. The highest BCUT2D eigenvalue weighted by Gasteiger charge is 2.32. The first-order chi connectivity index (χ1) is 11.1. The molecular formula is C19H32O4. The minimum Gasteiger partial charge on any atom is -0.469 e. The SMILES string of the molecule is CCCCCC(O)C=C[C@H]1CCC(=O)[C@H]1CCCCC(=O)OC. The predicted molar refractivity (Wildman–Crippen MR) is 91.0 cm³/mol. The minimum absolute atomic E-state index is 0.0618. The number of hydrogen-bond acceptors (Lipinski definition) is 4. The molecule has 0 aromatic rings. The van der Waals surface area contributed by atoms with Crippen LogP contribution >= 0.6 is 0 Å². The number of aliphatic hydroxyl groups excluding tert-OH is 1. The molecule has 1 aliphatic rings. The van der Waals surface area contributed by atoms with Crippen LogP contribution in [0.4, 0.5) is 0 Å². The summed E-state index contributed by atoms with van der Waals surface area (Å²) in [5, 5.41) is 9.97. The Morgan fingerprint density at radius 2 is 2.13 bits per heavy atom. The lowest BCUT2D eigenvalue weighted by molar-refractivity contribution is -0.140. The van der Waals surface area contributed by atoms with Crippen LogP contribution < -0.4 is 0 Å². The standard InChI is InChI=1S/C19H32O4/c1-3-4-5-8-16(20)13-11-15-12-14-18(21)17(15)9-6-7-10-19(22)23-2/h11,13,15-17,20H,3-10,12,14H2,1-2H3/t15-,16?,17-/m0/s1. The van der Waals surface area contributed by atoms with E-state index in [1.807, 2.05) is 12.2 Å². The number of Topliss-reactive ketones (excluding diaryl/α,β-unsaturated/α-hetero) is 1. The summed E-state index contributed by atoms with van der Waals surface area (Å²) in [7, 11) is 1.40. The van der Waals surface area contributed by atoms with E-state index < -0.39 is 6.10 Å². The lowest BCUT2D eigenvalue weighted by atomic mass is 9.89. The van der Waals surface area contributed by atoms with Gasteiger partial charge in [0.1, 0.15) is 5.78 Å². The summed E-state index contributed by atoms with van der Waals surface area (Å²) >= 11 is 0. The van der Waals surface area contributed by atoms with Crippen LogP contribution in [-0.2, 0) is 14.3 Å². The van der Waals surface area contributed by atoms with Crippen LogP contribution in [-0.4, -0.2) is 30.1 Å². The van der Waals surface area contributed by atoms with Crippen molar-refractivity contribution >= 4 is 11.8 Å². The van der Waals surface area contributed by atoms with E-state index in [4.69, 9.17) is 0 Å². The Kier molecular flexibility index (Phi) is 9.85. The van der Waals surface area contributed by atoms with E-state index in [9.17, 15) is 14.7 Å². The van der Waals surface area contributed by atoms with Gasteiger partial charge in [-0.15, -0.1) is 0 Å². The monoisotopic (exact) mass is 324 g/mol. The lowest BCUT2D eigenvalue weighted by Gasteiger charge is -2.15. The molecule has 0 aromatic heterocycles. The third-order valence-electron chi connectivity index (χ3n) is 4.71. The summed E-state index contributed by atoms with van der Waals surface area (Å²) in [4.78, 5) is 23.1. The molecule has 23 heavy (non-hydrogen) atoms. The molecule has 0 radical (unpaired) electrons. The smallest absolute Gasteiger partial charge is 0.305 e. The zero-order valence-electron chi connectivity index (χ0n) is 14.6. The molecule has 1 unspecified atom stereocenters. The molecule has 132 valence electrons. The summed E-state index contributed by atoms with van der Waals surface area (Å²) in [5.74, 6) is 0.459. The number of carbonyl (C=O) groups excluding carboxylic acids is 2. The number of allylic oxidation sites excluding steroid dienone is 1. The van der Waals surface area contributed by atoms with Crippen molar-refractivity contribution in [2.45, 2.75) is 77.2 Å². The quantitative estimate of drug-likeness (QED) is 0.356. The van der Waals surface area contributed by atoms with Crippen LogP contribution in [0.3, 0.4) is 0 Å². The minimum atomic E-state index is -0.391. The van der Waals surface area contributed by atoms with Crippen LogP contribution in [0.1, 0.15) is 71.1 Å². The highest BCUT2D eigenvalue weighted by atomic mass is 16.5. The second-order valence-electron chi connectivity index (χ2n) is 6.55. The molecule has 0 aliphatic heterocycles. The van der Waals surface area contributed by atoms with Gasteiger partial charge in [-0.05, 0) is 31.6 Å². The van der Waals surface area contributed by atoms with Crippen LogP contribution in [0.2, 0.25) is 0 Å². The molecule has 1 aliphatic carbocycles. The van der Waals surface area contributed by atoms with Gasteiger partial charge in [-0.3, -0.25) is 9.59 Å². The van der Waals surface area contributed by atoms with E-state index in [1.54, 1.807) is 0 Å². The van der Waals surface area contributed by atoms with Gasteiger partial charge in [0, 0.05) is 18.8 Å². The lowest BCUT2D eigenvalue weighted by Crippen LogP contribution is -2.14. The van der Waals surface area contributed by atoms with Crippen molar-refractivity contribution in [3.63, 3.8) is 0 Å². The van der Waals surface area contributed by atoms with Gasteiger partial charge in [0.05, 0.1) is 13.2 Å². The van der Waals surface area contributed by atoms with Gasteiger partial charge < -0.3 is 9.84 Å². The van der Waals surface area contributed by atoms with Gasteiger partial charge in [-0.1, -0.05) is 44.8 Å². The fourth-order valence-corrected chi connectivity index (χ4v) is 3.25. The normalized spacial score (nSPS) is 22.7. The van der Waals surface area contributed by atoms with Crippen molar-refractivity contribution < 1.29 is 19.4 Å². The third kappa shape index (κ3) is 7.78. The molecule has 1 saturated carbocycles. The van der Waals surface area contributed by atoms with Crippen LogP contribution in [0.15, 0.2) is 12.2 Å². The maximum Gasteiger partial charge on any atom is 0.305 e. The number of ketones is 1. The molecule has 0 aromatic carbocycles. The maximum absolute atomic E-state index is 12.0. The average molecular weight is 324 g/mol. The van der Waals surface area contributed by atoms with Gasteiger partial charge in [-0.25, -0.2) is 0 Å². The topological polar surface area (TPSA) is 63.6 Å². The number of aliphatic hydroxyl groups is 1. The number of methoxy groups -OCH3 is 1. The highest BCUT2D eigenvalue weighted by Crippen LogP contribution is 2.33. The molecule has 0 amide bonds. The summed E-state index contributed by atoms with van der Waals surface area (Å²) in [6.07, 6.45) is 12.1. The molecule has 3 atom stereocenters. The number of rotatable bonds is 11. The van der Waals surface area contributed by atoms with E-state index in [0.29, 0.717) is 18.6 Å². The van der Waals surface area contributed by atoms with Crippen molar-refractivity contribution in [2.24, 2.45) is 11.8 Å². The summed E-state index contributed by atoms with van der Waals surface area (Å²) in [6, 6.07) is 0. The maximum atomic E-state index is 12.0. The van der Waals surface area contributed by atoms with Crippen LogP contribution in [0.5, 0.6) is 0 Å². The number of hydrogen-bond donors (Lipinski definition) is 1. The zero-order valence-corrected chi connectivity index (χ0v) is 14.6. The summed E-state index contributed by atoms with van der Waals surface area (Å²) < 4.78 is 4.62. The Bertz CT molecular complexity index is 389. The van der Waals surface area contributed by atoms with Crippen molar-refractivity contribution in [1.82, 2.24) is 0 Å². The first-order valence-electron chi connectivity index (χ1n) is 9.04. The fraction of sp³-hybridized carbons (Fsp3) is 0.789. The van der Waals surface area contributed by atoms with E-state index in [-0.39, 0.29) is 17.8 Å². The molecule has 4 heteroatoms. The van der Waals surface area contributed by atoms with Gasteiger partial charge in [-0.2, -0.15) is 0 Å². The van der Waals surface area contributed by atoms with E-state index in [0.717, 1.165) is 51.4 Å². The number of carbonyl (C=O) groups is 2. The van der Waals surface area contributed by atoms with Gasteiger partial charge in [0.2, 0.25) is 0 Å². The van der Waals surface area contributed by atoms with E-state index in [1.165, 1.54) is 7.11 Å². The van der Waals surface area contributed by atoms with Gasteiger partial charge in [0.15, 0.2) is 0 Å². The van der Waals surface area contributed by atoms with Gasteiger partial charge in [0.25, 0.3) is 0 Å². The molecule has 1 rings (SSSR count). The van der Waals surface area contributed by atoms with Crippen molar-refractivity contribution in [1.29, 1.82) is 0 Å². The largest absolute Gasteiger partial charge is 0.469 e. The Morgan fingerprint density at radius 3 is 2.83 bits per heavy atom. The van der Waals surface area contributed by atoms with Crippen molar-refractivity contribution in [3.05, 3.63) is 12.2 Å². The Hall–Kier alpha value is -1.16. The fourth-order valence-electron chi connectivity index (χ4n) is 3.25. The summed E-state index contributed by atoms with van der Waals surface area (Å²) in [6.45, 7) is 2.15. The molecule has 1 N–H and O–H groups in total. The van der Waals surface area contributed by atoms with E-state index in [2.05, 4.69) is 11.7 Å². The Labute approximate surface area is 140 Å². The summed E-state index contributed by atoms with van der Waals surface area (Å²) in [5.41, 5.74) is 0. The zero-order chi connectivity index (χ0) is 17.1. The molecule has 4 nitrogen and oxygen atoms in total. The van der Waals surface area contributed by atoms with E-state index >= 15 is 0 Å². The molecule has 0 heterocycles. The van der Waals surface area contributed by atoms with Crippen molar-refractivity contribution in [2.75, 3.05) is 7.11 Å². The van der Waals surface area contributed by atoms with Crippen LogP contribution in [0, 0.1) is 11.8 Å². The first kappa shape index (κ1) is 19.9. The third-order valence-corrected chi connectivity index (χ3v) is 4.71. The van der Waals surface area contributed by atoms with Gasteiger partial charge >= 0.3 is 5.97 Å². The Morgan fingerprint density at radius 1 is 1.35 bits per heavy atom. The second kappa shape index (κ2) is 11.4. The number of ether oxygens (including phenoxy) is 1. The first-order valence-corrected chi connectivity index (χ1v) is 9.04. The molecule has 0 spiro atoms. The Balaban J connectivity index is 2.35. The second-order valence-corrected chi connectivity index (χ2v) is 6.55. The molecular weight excluding hydrogens is 292 g/mol. The highest BCUT2D eigenvalue weighted by molar-refractivity contribution is 5.83. The predicted octanol–water partition coefficient (Wildman–Crippen LogP) is 3.81. The molecule has 1 fully saturated rings.